The van der Waals surface area contributed by atoms with E-state index >= 15 is 0 Å². The van der Waals surface area contributed by atoms with Gasteiger partial charge in [-0.25, -0.2) is 0 Å². The van der Waals surface area contributed by atoms with Crippen LogP contribution in [-0.4, -0.2) is 30.6 Å². The van der Waals surface area contributed by atoms with Crippen LogP contribution in [0.4, 0.5) is 11.4 Å². The molecule has 200 valence electrons. The number of nitrogens with one attached hydrogen (secondary N) is 2. The molecule has 2 aromatic carbocycles. The van der Waals surface area contributed by atoms with Gasteiger partial charge in [-0.15, -0.1) is 11.3 Å². The van der Waals surface area contributed by atoms with Crippen molar-refractivity contribution in [1.82, 2.24) is 10.3 Å². The van der Waals surface area contributed by atoms with Crippen molar-refractivity contribution in [3.8, 4) is 11.5 Å². The minimum atomic E-state index is -0.412. The summed E-state index contributed by atoms with van der Waals surface area (Å²) in [6.07, 6.45) is 3.67. The van der Waals surface area contributed by atoms with E-state index in [1.807, 2.05) is 26.0 Å². The van der Waals surface area contributed by atoms with Gasteiger partial charge in [0.2, 0.25) is 5.91 Å². The van der Waals surface area contributed by atoms with E-state index in [0.29, 0.717) is 24.7 Å². The molecular weight excluding hydrogens is 496 g/mol. The number of nitrogens with two attached hydrogens (primary N) is 1. The highest BCUT2D eigenvalue weighted by atomic mass is 32.1. The van der Waals surface area contributed by atoms with Crippen LogP contribution >= 0.6 is 11.3 Å². The molecule has 0 aliphatic heterocycles. The number of aromatic nitrogens is 1. The van der Waals surface area contributed by atoms with E-state index in [1.165, 1.54) is 16.0 Å². The van der Waals surface area contributed by atoms with E-state index in [1.54, 1.807) is 17.5 Å². The monoisotopic (exact) mass is 532 g/mol. The molecule has 0 bridgehead atoms. The van der Waals surface area contributed by atoms with Gasteiger partial charge in [-0.3, -0.25) is 9.78 Å². The number of rotatable bonds is 14. The number of anilines is 2. The van der Waals surface area contributed by atoms with Gasteiger partial charge in [-0.1, -0.05) is 25.1 Å². The number of hydrogen-bond acceptors (Lipinski definition) is 7. The second-order valence-electron chi connectivity index (χ2n) is 8.91. The molecule has 38 heavy (non-hydrogen) atoms. The maximum absolute atomic E-state index is 11.9. The summed E-state index contributed by atoms with van der Waals surface area (Å²) in [7, 11) is 0. The number of carbonyl (C=O) groups is 1. The lowest BCUT2D eigenvalue weighted by Gasteiger charge is -2.20. The molecule has 4 rings (SSSR count). The van der Waals surface area contributed by atoms with E-state index in [9.17, 15) is 4.79 Å². The molecule has 8 heteroatoms. The van der Waals surface area contributed by atoms with E-state index in [0.717, 1.165) is 53.8 Å². The number of fused-ring (bicyclic) bond motifs is 1. The lowest BCUT2D eigenvalue weighted by molar-refractivity contribution is -0.117. The second-order valence-corrected chi connectivity index (χ2v) is 9.94. The van der Waals surface area contributed by atoms with Crippen molar-refractivity contribution in [2.45, 2.75) is 46.6 Å². The smallest absolute Gasteiger partial charge is 0.221 e. The molecule has 0 radical (unpaired) electrons. The molecule has 2 heterocycles. The van der Waals surface area contributed by atoms with Crippen LogP contribution in [0.25, 0.3) is 10.9 Å². The Balaban J connectivity index is 1.69. The third-order valence-electron chi connectivity index (χ3n) is 6.31. The normalized spacial score (nSPS) is 11.0. The third-order valence-corrected chi connectivity index (χ3v) is 7.24. The summed E-state index contributed by atoms with van der Waals surface area (Å²) in [6.45, 7) is 8.75. The fourth-order valence-corrected chi connectivity index (χ4v) is 5.32. The molecule has 4 aromatic rings. The fourth-order valence-electron chi connectivity index (χ4n) is 4.61. The molecule has 1 amide bonds. The number of amides is 1. The van der Waals surface area contributed by atoms with Gasteiger partial charge >= 0.3 is 0 Å². The number of hydrogen-bond donors (Lipinski definition) is 3. The topological polar surface area (TPSA) is 98.5 Å². The lowest BCUT2D eigenvalue weighted by atomic mass is 10.0. The zero-order chi connectivity index (χ0) is 26.9. The van der Waals surface area contributed by atoms with E-state index < -0.39 is 5.91 Å². The van der Waals surface area contributed by atoms with Crippen LogP contribution in [0, 0.1) is 0 Å². The zero-order valence-corrected chi connectivity index (χ0v) is 23.1. The van der Waals surface area contributed by atoms with Gasteiger partial charge in [0.1, 0.15) is 0 Å². The standard InChI is InChI=1S/C30H36N4O3S/c1-4-23-20(18-32-13-12-22-10-8-14-38-22)9-7-11-25(23)34-30-21(15-29(31)35)19-33-26-17-28(37-6-3)27(36-5-2)16-24(26)30/h7-11,14,16-17,19,32H,4-6,12-13,15,18H2,1-3H3,(H2,31,35)(H,33,34). The van der Waals surface area contributed by atoms with Crippen molar-refractivity contribution in [2.24, 2.45) is 5.73 Å². The van der Waals surface area contributed by atoms with E-state index in [-0.39, 0.29) is 6.42 Å². The number of benzene rings is 2. The zero-order valence-electron chi connectivity index (χ0n) is 22.3. The van der Waals surface area contributed by atoms with Crippen LogP contribution in [0.2, 0.25) is 0 Å². The van der Waals surface area contributed by atoms with Gasteiger partial charge in [0.05, 0.1) is 30.8 Å². The Morgan fingerprint density at radius 2 is 1.82 bits per heavy atom. The van der Waals surface area contributed by atoms with Gasteiger partial charge in [0, 0.05) is 46.9 Å². The van der Waals surface area contributed by atoms with Gasteiger partial charge < -0.3 is 25.8 Å². The van der Waals surface area contributed by atoms with Crippen molar-refractivity contribution in [3.63, 3.8) is 0 Å². The highest BCUT2D eigenvalue weighted by molar-refractivity contribution is 7.09. The molecule has 0 atom stereocenters. The molecule has 0 aliphatic rings. The van der Waals surface area contributed by atoms with Crippen LogP contribution in [0.3, 0.4) is 0 Å². The number of thiophene rings is 1. The number of pyridine rings is 1. The third kappa shape index (κ3) is 6.62. The van der Waals surface area contributed by atoms with Crippen LogP contribution in [0.15, 0.2) is 54.0 Å². The average Bonchev–Trinajstić information content (AvgIpc) is 3.42. The Morgan fingerprint density at radius 3 is 2.50 bits per heavy atom. The number of nitrogens with zero attached hydrogens (tertiary/aromatic N) is 1. The number of primary amides is 1. The number of carbonyl (C=O) groups excluding carboxylic acids is 1. The van der Waals surface area contributed by atoms with Crippen LogP contribution < -0.4 is 25.8 Å². The molecule has 0 saturated carbocycles. The Morgan fingerprint density at radius 1 is 1.03 bits per heavy atom. The molecular formula is C30H36N4O3S. The van der Waals surface area contributed by atoms with Crippen LogP contribution in [-0.2, 0) is 30.6 Å². The maximum atomic E-state index is 11.9. The second kappa shape index (κ2) is 13.3. The van der Waals surface area contributed by atoms with E-state index in [4.69, 9.17) is 15.2 Å². The van der Waals surface area contributed by atoms with Gasteiger partial charge in [-0.05, 0) is 61.4 Å². The fraction of sp³-hybridized carbons (Fsp3) is 0.333. The summed E-state index contributed by atoms with van der Waals surface area (Å²) in [5.74, 6) is 0.875. The lowest BCUT2D eigenvalue weighted by Crippen LogP contribution is -2.18. The summed E-state index contributed by atoms with van der Waals surface area (Å²) < 4.78 is 11.7. The minimum absolute atomic E-state index is 0.0773. The van der Waals surface area contributed by atoms with Crippen molar-refractivity contribution in [2.75, 3.05) is 25.1 Å². The average molecular weight is 533 g/mol. The highest BCUT2D eigenvalue weighted by Crippen LogP contribution is 2.38. The first-order valence-electron chi connectivity index (χ1n) is 13.1. The Kier molecular flexibility index (Phi) is 9.56. The molecule has 0 unspecified atom stereocenters. The SMILES string of the molecule is CCOc1cc2ncc(CC(N)=O)c(Nc3cccc(CNCCc4cccs4)c3CC)c2cc1OCC. The summed E-state index contributed by atoms with van der Waals surface area (Å²) in [6, 6.07) is 14.4. The Bertz CT molecular complexity index is 1370. The first kappa shape index (κ1) is 27.4. The molecule has 4 N–H and O–H groups in total. The Hall–Kier alpha value is -3.62. The Labute approximate surface area is 228 Å². The molecule has 7 nitrogen and oxygen atoms in total. The van der Waals surface area contributed by atoms with Crippen molar-refractivity contribution >= 4 is 39.5 Å². The molecule has 0 aliphatic carbocycles. The first-order chi connectivity index (χ1) is 18.5. The summed E-state index contributed by atoms with van der Waals surface area (Å²) in [5.41, 5.74) is 11.4. The molecule has 2 aromatic heterocycles. The largest absolute Gasteiger partial charge is 0.490 e. The van der Waals surface area contributed by atoms with E-state index in [2.05, 4.69) is 58.3 Å². The van der Waals surface area contributed by atoms with Gasteiger partial charge in [-0.2, -0.15) is 0 Å². The van der Waals surface area contributed by atoms with Crippen LogP contribution in [0.5, 0.6) is 11.5 Å². The predicted molar refractivity (Wildman–Crippen MR) is 156 cm³/mol. The summed E-state index contributed by atoms with van der Waals surface area (Å²) in [5, 5.41) is 10.2. The predicted octanol–water partition coefficient (Wildman–Crippen LogP) is 5.76. The maximum Gasteiger partial charge on any atom is 0.221 e. The molecule has 0 saturated heterocycles. The van der Waals surface area contributed by atoms with Crippen molar-refractivity contribution < 1.29 is 14.3 Å². The first-order valence-corrected chi connectivity index (χ1v) is 14.0. The summed E-state index contributed by atoms with van der Waals surface area (Å²) >= 11 is 1.79. The van der Waals surface area contributed by atoms with Gasteiger partial charge in [0.25, 0.3) is 0 Å². The molecule has 0 fully saturated rings. The van der Waals surface area contributed by atoms with Gasteiger partial charge in [0.15, 0.2) is 11.5 Å². The number of ether oxygens (including phenoxy) is 2. The molecule has 0 spiro atoms. The van der Waals surface area contributed by atoms with Crippen molar-refractivity contribution in [3.05, 3.63) is 75.6 Å². The minimum Gasteiger partial charge on any atom is -0.490 e. The van der Waals surface area contributed by atoms with Crippen LogP contribution in [0.1, 0.15) is 42.3 Å². The van der Waals surface area contributed by atoms with Crippen molar-refractivity contribution in [1.29, 1.82) is 0 Å². The quantitative estimate of drug-likeness (QED) is 0.179. The highest BCUT2D eigenvalue weighted by Gasteiger charge is 2.17. The summed E-state index contributed by atoms with van der Waals surface area (Å²) in [4.78, 5) is 17.9.